The fourth-order valence-electron chi connectivity index (χ4n) is 2.87. The Morgan fingerprint density at radius 2 is 1.62 bits per heavy atom. The predicted molar refractivity (Wildman–Crippen MR) is 127 cm³/mol. The SMILES string of the molecule is COc1ccc(C(=O)Nc2ccc(S(=O)(=O)NC(CC#Cc3ccccc3)C(=O)O)cc2)cc1. The molecular formula is C25H22N2O6S. The van der Waals surface area contributed by atoms with Gasteiger partial charge in [0.05, 0.1) is 12.0 Å². The average Bonchev–Trinajstić information content (AvgIpc) is 2.84. The van der Waals surface area contributed by atoms with E-state index >= 15 is 0 Å². The Morgan fingerprint density at radius 3 is 2.21 bits per heavy atom. The van der Waals surface area contributed by atoms with Crippen molar-refractivity contribution in [1.82, 2.24) is 4.72 Å². The van der Waals surface area contributed by atoms with Gasteiger partial charge in [-0.2, -0.15) is 4.72 Å². The molecule has 0 radical (unpaired) electrons. The van der Waals surface area contributed by atoms with Crippen LogP contribution in [0.3, 0.4) is 0 Å². The number of carbonyl (C=O) groups excluding carboxylic acids is 1. The summed E-state index contributed by atoms with van der Waals surface area (Å²) in [5.74, 6) is 4.40. The molecule has 0 saturated heterocycles. The first-order chi connectivity index (χ1) is 16.3. The summed E-state index contributed by atoms with van der Waals surface area (Å²) in [4.78, 5) is 23.8. The maximum absolute atomic E-state index is 12.7. The molecule has 0 heterocycles. The second-order valence-electron chi connectivity index (χ2n) is 7.09. The molecule has 0 aromatic heterocycles. The normalized spacial score (nSPS) is 11.6. The number of hydrogen-bond donors (Lipinski definition) is 3. The standard InChI is InChI=1S/C25H22N2O6S/c1-33-21-14-10-19(11-15-21)24(28)26-20-12-16-22(17-13-20)34(31,32)27-23(25(29)30)9-5-8-18-6-3-2-4-7-18/h2-4,6-7,10-17,23,27H,9H2,1H3,(H,26,28)(H,29,30). The summed E-state index contributed by atoms with van der Waals surface area (Å²) < 4.78 is 32.6. The van der Waals surface area contributed by atoms with Crippen molar-refractivity contribution in [1.29, 1.82) is 0 Å². The van der Waals surface area contributed by atoms with Gasteiger partial charge in [0.1, 0.15) is 11.8 Å². The quantitative estimate of drug-likeness (QED) is 0.428. The number of ether oxygens (including phenoxy) is 1. The van der Waals surface area contributed by atoms with E-state index < -0.39 is 22.0 Å². The van der Waals surface area contributed by atoms with Crippen molar-refractivity contribution in [2.45, 2.75) is 17.4 Å². The summed E-state index contributed by atoms with van der Waals surface area (Å²) in [6.07, 6.45) is -0.209. The molecule has 0 saturated carbocycles. The number of anilines is 1. The van der Waals surface area contributed by atoms with Crippen LogP contribution in [-0.4, -0.2) is 38.6 Å². The van der Waals surface area contributed by atoms with Crippen molar-refractivity contribution in [2.24, 2.45) is 0 Å². The van der Waals surface area contributed by atoms with Gasteiger partial charge in [-0.05, 0) is 60.7 Å². The van der Waals surface area contributed by atoms with Gasteiger partial charge in [-0.3, -0.25) is 9.59 Å². The molecule has 3 rings (SSSR count). The zero-order chi connectivity index (χ0) is 24.6. The van der Waals surface area contributed by atoms with Gasteiger partial charge >= 0.3 is 5.97 Å². The number of nitrogens with one attached hydrogen (secondary N) is 2. The van der Waals surface area contributed by atoms with E-state index in [2.05, 4.69) is 21.9 Å². The number of aliphatic carboxylic acids is 1. The van der Waals surface area contributed by atoms with E-state index in [4.69, 9.17) is 4.74 Å². The highest BCUT2D eigenvalue weighted by Gasteiger charge is 2.24. The second kappa shape index (κ2) is 11.1. The number of methoxy groups -OCH3 is 1. The highest BCUT2D eigenvalue weighted by atomic mass is 32.2. The molecule has 1 atom stereocenters. The van der Waals surface area contributed by atoms with Gasteiger partial charge in [0.15, 0.2) is 0 Å². The minimum Gasteiger partial charge on any atom is -0.497 e. The van der Waals surface area contributed by atoms with Gasteiger partial charge < -0.3 is 15.2 Å². The van der Waals surface area contributed by atoms with Crippen LogP contribution in [0.25, 0.3) is 0 Å². The third-order valence-corrected chi connectivity index (χ3v) is 6.17. The zero-order valence-electron chi connectivity index (χ0n) is 18.2. The Labute approximate surface area is 197 Å². The molecule has 0 spiro atoms. The number of sulfonamides is 1. The average molecular weight is 479 g/mol. The highest BCUT2D eigenvalue weighted by Crippen LogP contribution is 2.17. The Hall–Kier alpha value is -4.13. The molecule has 0 aliphatic heterocycles. The van der Waals surface area contributed by atoms with Gasteiger partial charge in [-0.25, -0.2) is 8.42 Å². The van der Waals surface area contributed by atoms with Crippen LogP contribution < -0.4 is 14.8 Å². The van der Waals surface area contributed by atoms with Crippen LogP contribution in [0.2, 0.25) is 0 Å². The summed E-state index contributed by atoms with van der Waals surface area (Å²) in [6.45, 7) is 0. The third-order valence-electron chi connectivity index (χ3n) is 4.68. The van der Waals surface area contributed by atoms with E-state index in [-0.39, 0.29) is 17.2 Å². The Bertz CT molecular complexity index is 1310. The van der Waals surface area contributed by atoms with E-state index in [1.165, 1.54) is 31.4 Å². The number of hydrogen-bond acceptors (Lipinski definition) is 5. The largest absolute Gasteiger partial charge is 0.497 e. The first-order valence-electron chi connectivity index (χ1n) is 10.1. The first-order valence-corrected chi connectivity index (χ1v) is 11.6. The molecule has 3 aromatic carbocycles. The van der Waals surface area contributed by atoms with Crippen LogP contribution in [-0.2, 0) is 14.8 Å². The minimum atomic E-state index is -4.13. The van der Waals surface area contributed by atoms with Crippen molar-refractivity contribution in [3.8, 4) is 17.6 Å². The lowest BCUT2D eigenvalue weighted by Crippen LogP contribution is -2.40. The van der Waals surface area contributed by atoms with Crippen LogP contribution in [0.5, 0.6) is 5.75 Å². The maximum Gasteiger partial charge on any atom is 0.322 e. The molecule has 0 aliphatic rings. The lowest BCUT2D eigenvalue weighted by Gasteiger charge is -2.13. The summed E-state index contributed by atoms with van der Waals surface area (Å²) in [5.41, 5.74) is 1.48. The maximum atomic E-state index is 12.7. The van der Waals surface area contributed by atoms with Crippen molar-refractivity contribution in [3.05, 3.63) is 90.0 Å². The Kier molecular flexibility index (Phi) is 8.03. The molecule has 9 heteroatoms. The first kappa shape index (κ1) is 24.5. The monoisotopic (exact) mass is 478 g/mol. The van der Waals surface area contributed by atoms with Gasteiger partial charge in [0, 0.05) is 23.2 Å². The summed E-state index contributed by atoms with van der Waals surface area (Å²) in [7, 11) is -2.61. The molecule has 3 N–H and O–H groups in total. The molecule has 3 aromatic rings. The van der Waals surface area contributed by atoms with Crippen molar-refractivity contribution in [3.63, 3.8) is 0 Å². The van der Waals surface area contributed by atoms with Crippen LogP contribution >= 0.6 is 0 Å². The molecule has 1 unspecified atom stereocenters. The minimum absolute atomic E-state index is 0.141. The van der Waals surface area contributed by atoms with Crippen LogP contribution in [0.15, 0.2) is 83.8 Å². The fraction of sp³-hybridized carbons (Fsp3) is 0.120. The number of carboxylic acids is 1. The van der Waals surface area contributed by atoms with Crippen LogP contribution in [0.4, 0.5) is 5.69 Å². The summed E-state index contributed by atoms with van der Waals surface area (Å²) in [5, 5.41) is 12.1. The fourth-order valence-corrected chi connectivity index (χ4v) is 4.06. The van der Waals surface area contributed by atoms with Crippen molar-refractivity contribution in [2.75, 3.05) is 12.4 Å². The number of carboxylic acid groups (broad SMARTS) is 1. The Morgan fingerprint density at radius 1 is 0.971 bits per heavy atom. The lowest BCUT2D eigenvalue weighted by atomic mass is 10.2. The number of benzene rings is 3. The molecule has 174 valence electrons. The van der Waals surface area contributed by atoms with E-state index in [9.17, 15) is 23.1 Å². The van der Waals surface area contributed by atoms with Crippen LogP contribution in [0, 0.1) is 11.8 Å². The molecular weight excluding hydrogens is 456 g/mol. The molecule has 0 bridgehead atoms. The molecule has 0 aliphatic carbocycles. The summed E-state index contributed by atoms with van der Waals surface area (Å²) >= 11 is 0. The molecule has 34 heavy (non-hydrogen) atoms. The molecule has 0 fully saturated rings. The lowest BCUT2D eigenvalue weighted by molar-refractivity contribution is -0.138. The van der Waals surface area contributed by atoms with E-state index in [0.29, 0.717) is 22.6 Å². The van der Waals surface area contributed by atoms with Gasteiger partial charge in [0.25, 0.3) is 5.91 Å². The predicted octanol–water partition coefficient (Wildman–Crippen LogP) is 3.12. The van der Waals surface area contributed by atoms with Gasteiger partial charge in [-0.1, -0.05) is 30.0 Å². The molecule has 8 nitrogen and oxygen atoms in total. The summed E-state index contributed by atoms with van der Waals surface area (Å²) in [6, 6.07) is 19.4. The third kappa shape index (κ3) is 6.68. The zero-order valence-corrected chi connectivity index (χ0v) is 19.0. The number of carbonyl (C=O) groups is 2. The van der Waals surface area contributed by atoms with E-state index in [0.717, 1.165) is 0 Å². The van der Waals surface area contributed by atoms with Crippen molar-refractivity contribution < 1.29 is 27.9 Å². The van der Waals surface area contributed by atoms with Crippen molar-refractivity contribution >= 4 is 27.6 Å². The number of amides is 1. The number of rotatable bonds is 8. The van der Waals surface area contributed by atoms with Gasteiger partial charge in [0.2, 0.25) is 10.0 Å². The second-order valence-corrected chi connectivity index (χ2v) is 8.81. The van der Waals surface area contributed by atoms with Crippen LogP contribution in [0.1, 0.15) is 22.3 Å². The highest BCUT2D eigenvalue weighted by molar-refractivity contribution is 7.89. The Balaban J connectivity index is 1.66. The van der Waals surface area contributed by atoms with E-state index in [1.54, 1.807) is 48.5 Å². The van der Waals surface area contributed by atoms with E-state index in [1.807, 2.05) is 6.07 Å². The smallest absolute Gasteiger partial charge is 0.322 e. The topological polar surface area (TPSA) is 122 Å². The van der Waals surface area contributed by atoms with Gasteiger partial charge in [-0.15, -0.1) is 0 Å². The molecule has 1 amide bonds.